The average Bonchev–Trinajstić information content (AvgIpc) is 2.53. The quantitative estimate of drug-likeness (QED) is 0.717. The van der Waals surface area contributed by atoms with Gasteiger partial charge in [0.1, 0.15) is 5.82 Å². The van der Waals surface area contributed by atoms with E-state index in [4.69, 9.17) is 4.74 Å². The van der Waals surface area contributed by atoms with E-state index < -0.39 is 0 Å². The molecule has 0 unspecified atom stereocenters. The number of benzene rings is 1. The van der Waals surface area contributed by atoms with E-state index in [-0.39, 0.29) is 17.8 Å². The molecular weight excluding hydrogens is 303 g/mol. The molecule has 1 aromatic carbocycles. The summed E-state index contributed by atoms with van der Waals surface area (Å²) in [5, 5.41) is 6.18. The van der Waals surface area contributed by atoms with E-state index in [1.165, 1.54) is 6.07 Å². The molecule has 6 heteroatoms. The topological polar surface area (TPSA) is 50.4 Å². The predicted molar refractivity (Wildman–Crippen MR) is 87.4 cm³/mol. The van der Waals surface area contributed by atoms with Crippen LogP contribution < -0.4 is 10.6 Å². The molecule has 0 aliphatic carbocycles. The van der Waals surface area contributed by atoms with Gasteiger partial charge in [-0.3, -0.25) is 4.79 Å². The van der Waals surface area contributed by atoms with Crippen LogP contribution >= 0.6 is 11.8 Å². The molecule has 1 fully saturated rings. The summed E-state index contributed by atoms with van der Waals surface area (Å²) in [6.07, 6.45) is 1.35. The maximum Gasteiger partial charge on any atom is 0.221 e. The Kier molecular flexibility index (Phi) is 7.70. The highest BCUT2D eigenvalue weighted by Gasteiger charge is 2.16. The monoisotopic (exact) mass is 326 g/mol. The van der Waals surface area contributed by atoms with Crippen molar-refractivity contribution < 1.29 is 13.9 Å². The Morgan fingerprint density at radius 2 is 2.32 bits per heavy atom. The van der Waals surface area contributed by atoms with Crippen LogP contribution in [0.4, 0.5) is 4.39 Å². The van der Waals surface area contributed by atoms with Crippen LogP contribution in [0.15, 0.2) is 24.3 Å². The van der Waals surface area contributed by atoms with E-state index in [0.29, 0.717) is 25.3 Å². The van der Waals surface area contributed by atoms with Crippen LogP contribution in [0.1, 0.15) is 18.4 Å². The molecule has 0 radical (unpaired) electrons. The summed E-state index contributed by atoms with van der Waals surface area (Å²) < 4.78 is 18.7. The molecule has 1 aliphatic rings. The molecular formula is C16H23FN2O2S. The molecule has 4 nitrogen and oxygen atoms in total. The number of thioether (sulfide) groups is 1. The molecule has 22 heavy (non-hydrogen) atoms. The van der Waals surface area contributed by atoms with Gasteiger partial charge in [-0.15, -0.1) is 0 Å². The predicted octanol–water partition coefficient (Wildman–Crippen LogP) is 1.94. The molecule has 1 saturated heterocycles. The number of amides is 1. The number of carbonyl (C=O) groups is 1. The van der Waals surface area contributed by atoms with Crippen molar-refractivity contribution in [2.75, 3.05) is 32.1 Å². The first-order valence-corrected chi connectivity index (χ1v) is 8.80. The highest BCUT2D eigenvalue weighted by Crippen LogP contribution is 2.15. The number of carbonyl (C=O) groups excluding carboxylic acids is 1. The number of morpholine rings is 1. The van der Waals surface area contributed by atoms with Gasteiger partial charge in [0.25, 0.3) is 0 Å². The first-order chi connectivity index (χ1) is 10.8. The Balaban J connectivity index is 1.50. The van der Waals surface area contributed by atoms with Gasteiger partial charge in [-0.1, -0.05) is 18.2 Å². The highest BCUT2D eigenvalue weighted by atomic mass is 32.2. The van der Waals surface area contributed by atoms with Gasteiger partial charge in [0.05, 0.1) is 13.2 Å². The number of nitrogens with one attached hydrogen (secondary N) is 2. The van der Waals surface area contributed by atoms with Gasteiger partial charge in [-0.2, -0.15) is 11.8 Å². The lowest BCUT2D eigenvalue weighted by molar-refractivity contribution is -0.122. The maximum absolute atomic E-state index is 13.4. The summed E-state index contributed by atoms with van der Waals surface area (Å²) in [5.41, 5.74) is 0.736. The Hall–Kier alpha value is -1.11. The van der Waals surface area contributed by atoms with E-state index in [9.17, 15) is 9.18 Å². The third-order valence-electron chi connectivity index (χ3n) is 3.43. The van der Waals surface area contributed by atoms with Crippen molar-refractivity contribution in [2.24, 2.45) is 0 Å². The minimum atomic E-state index is -0.148. The second-order valence-electron chi connectivity index (χ2n) is 5.28. The van der Waals surface area contributed by atoms with Crippen LogP contribution in [0.25, 0.3) is 0 Å². The van der Waals surface area contributed by atoms with Crippen molar-refractivity contribution in [3.05, 3.63) is 35.6 Å². The molecule has 1 amide bonds. The Morgan fingerprint density at radius 3 is 3.09 bits per heavy atom. The lowest BCUT2D eigenvalue weighted by atomic mass is 10.2. The molecule has 0 bridgehead atoms. The summed E-state index contributed by atoms with van der Waals surface area (Å²) in [6.45, 7) is 2.80. The van der Waals surface area contributed by atoms with Gasteiger partial charge in [0.2, 0.25) is 5.91 Å². The fraction of sp³-hybridized carbons (Fsp3) is 0.562. The number of hydrogen-bond donors (Lipinski definition) is 2. The van der Waals surface area contributed by atoms with Gasteiger partial charge >= 0.3 is 0 Å². The summed E-state index contributed by atoms with van der Waals surface area (Å²) in [6, 6.07) is 6.97. The van der Waals surface area contributed by atoms with Crippen molar-refractivity contribution >= 4 is 17.7 Å². The minimum Gasteiger partial charge on any atom is -0.378 e. The van der Waals surface area contributed by atoms with E-state index in [1.54, 1.807) is 17.8 Å². The molecule has 1 heterocycles. The standard InChI is InChI=1S/C16H23FN2O2S/c17-15-5-2-1-4-13(15)12-22-9-3-6-19-16(20)10-14-11-21-8-7-18-14/h1-2,4-5,14,18H,3,6-12H2,(H,19,20)/t14-/m0/s1. The van der Waals surface area contributed by atoms with Crippen LogP contribution in [0, 0.1) is 5.82 Å². The SMILES string of the molecule is O=C(C[C@H]1COCCN1)NCCCSCc1ccccc1F. The van der Waals surface area contributed by atoms with Crippen molar-refractivity contribution in [3.63, 3.8) is 0 Å². The van der Waals surface area contributed by atoms with Crippen LogP contribution in [-0.4, -0.2) is 44.0 Å². The zero-order valence-electron chi connectivity index (χ0n) is 12.6. The molecule has 1 aromatic rings. The molecule has 0 saturated carbocycles. The Morgan fingerprint density at radius 1 is 1.45 bits per heavy atom. The zero-order chi connectivity index (χ0) is 15.6. The molecule has 1 atom stereocenters. The average molecular weight is 326 g/mol. The molecule has 2 N–H and O–H groups in total. The van der Waals surface area contributed by atoms with E-state index in [0.717, 1.165) is 30.9 Å². The highest BCUT2D eigenvalue weighted by molar-refractivity contribution is 7.98. The van der Waals surface area contributed by atoms with Crippen molar-refractivity contribution in [1.29, 1.82) is 0 Å². The first-order valence-electron chi connectivity index (χ1n) is 7.64. The Bertz CT molecular complexity index is 467. The summed E-state index contributed by atoms with van der Waals surface area (Å²) in [5.74, 6) is 1.48. The number of ether oxygens (including phenoxy) is 1. The molecule has 1 aliphatic heterocycles. The zero-order valence-corrected chi connectivity index (χ0v) is 13.5. The second kappa shape index (κ2) is 9.82. The first kappa shape index (κ1) is 17.2. The lowest BCUT2D eigenvalue weighted by Gasteiger charge is -2.23. The maximum atomic E-state index is 13.4. The summed E-state index contributed by atoms with van der Waals surface area (Å²) >= 11 is 1.68. The van der Waals surface area contributed by atoms with Gasteiger partial charge in [0, 0.05) is 31.3 Å². The van der Waals surface area contributed by atoms with Crippen molar-refractivity contribution in [2.45, 2.75) is 24.6 Å². The van der Waals surface area contributed by atoms with Gasteiger partial charge < -0.3 is 15.4 Å². The van der Waals surface area contributed by atoms with Gasteiger partial charge in [-0.25, -0.2) is 4.39 Å². The molecule has 122 valence electrons. The summed E-state index contributed by atoms with van der Waals surface area (Å²) in [7, 11) is 0. The van der Waals surface area contributed by atoms with Crippen LogP contribution in [0.3, 0.4) is 0 Å². The van der Waals surface area contributed by atoms with Crippen molar-refractivity contribution in [3.8, 4) is 0 Å². The number of halogens is 1. The Labute approximate surface area is 135 Å². The second-order valence-corrected chi connectivity index (χ2v) is 6.38. The van der Waals surface area contributed by atoms with Crippen LogP contribution in [0.2, 0.25) is 0 Å². The lowest BCUT2D eigenvalue weighted by Crippen LogP contribution is -2.44. The van der Waals surface area contributed by atoms with Gasteiger partial charge in [0.15, 0.2) is 0 Å². The van der Waals surface area contributed by atoms with E-state index >= 15 is 0 Å². The molecule has 0 aromatic heterocycles. The summed E-state index contributed by atoms with van der Waals surface area (Å²) in [4.78, 5) is 11.7. The molecule has 0 spiro atoms. The third-order valence-corrected chi connectivity index (χ3v) is 4.53. The van der Waals surface area contributed by atoms with Crippen molar-refractivity contribution in [1.82, 2.24) is 10.6 Å². The molecule has 2 rings (SSSR count). The van der Waals surface area contributed by atoms with Gasteiger partial charge in [-0.05, 0) is 23.8 Å². The fourth-order valence-corrected chi connectivity index (χ4v) is 3.19. The van der Waals surface area contributed by atoms with Crippen LogP contribution in [-0.2, 0) is 15.3 Å². The normalized spacial score (nSPS) is 18.1. The van der Waals surface area contributed by atoms with E-state index in [1.807, 2.05) is 12.1 Å². The largest absolute Gasteiger partial charge is 0.378 e. The smallest absolute Gasteiger partial charge is 0.221 e. The number of hydrogen-bond acceptors (Lipinski definition) is 4. The number of rotatable bonds is 8. The minimum absolute atomic E-state index is 0.0575. The van der Waals surface area contributed by atoms with E-state index in [2.05, 4.69) is 10.6 Å². The van der Waals surface area contributed by atoms with Crippen LogP contribution in [0.5, 0.6) is 0 Å². The fourth-order valence-electron chi connectivity index (χ4n) is 2.25. The third kappa shape index (κ3) is 6.34.